The van der Waals surface area contributed by atoms with E-state index >= 15 is 0 Å². The highest BCUT2D eigenvalue weighted by Crippen LogP contribution is 2.14. The Morgan fingerprint density at radius 1 is 0.536 bits per heavy atom. The number of hydrogen-bond acceptors (Lipinski definition) is 3. The molecule has 2 atom stereocenters. The molecule has 2 N–H and O–H groups in total. The summed E-state index contributed by atoms with van der Waals surface area (Å²) in [5.41, 5.74) is 0. The molecule has 0 saturated heterocycles. The van der Waals surface area contributed by atoms with Crippen LogP contribution in [0, 0.1) is 0 Å². The summed E-state index contributed by atoms with van der Waals surface area (Å²) in [6.07, 6.45) is 20.0. The lowest BCUT2D eigenvalue weighted by molar-refractivity contribution is 0.155. The molecule has 0 aliphatic carbocycles. The standard InChI is InChI=1S/C24H50O3S/c1-3-5-7-9-11-13-15-17-23(25)19-21-28(27)22-20-24(26)18-16-14-12-10-8-6-4-2/h23-26H,3-22H2,1-2H3. The van der Waals surface area contributed by atoms with Crippen LogP contribution in [0.3, 0.4) is 0 Å². The van der Waals surface area contributed by atoms with Gasteiger partial charge >= 0.3 is 0 Å². The SMILES string of the molecule is CCCCCCCCCC(O)CC[S+]([O-])CCC(O)CCCCCCCCC. The summed E-state index contributed by atoms with van der Waals surface area (Å²) in [6, 6.07) is 0. The first-order valence-corrected chi connectivity index (χ1v) is 13.8. The molecule has 170 valence electrons. The van der Waals surface area contributed by atoms with Gasteiger partial charge in [0.2, 0.25) is 0 Å². The third-order valence-electron chi connectivity index (χ3n) is 5.64. The maximum atomic E-state index is 12.1. The summed E-state index contributed by atoms with van der Waals surface area (Å²) < 4.78 is 12.1. The van der Waals surface area contributed by atoms with Crippen LogP contribution in [0.2, 0.25) is 0 Å². The van der Waals surface area contributed by atoms with Crippen molar-refractivity contribution >= 4 is 11.2 Å². The molecule has 0 heterocycles. The van der Waals surface area contributed by atoms with Crippen molar-refractivity contribution in [3.8, 4) is 0 Å². The molecule has 0 aliphatic rings. The minimum Gasteiger partial charge on any atom is -0.616 e. The summed E-state index contributed by atoms with van der Waals surface area (Å²) in [6.45, 7) is 4.47. The maximum Gasteiger partial charge on any atom is 0.108 e. The molecule has 2 unspecified atom stereocenters. The second-order valence-corrected chi connectivity index (χ2v) is 10.2. The molecule has 0 fully saturated rings. The molecular weight excluding hydrogens is 368 g/mol. The van der Waals surface area contributed by atoms with Gasteiger partial charge in [-0.25, -0.2) is 0 Å². The van der Waals surface area contributed by atoms with Crippen LogP contribution in [0.1, 0.15) is 129 Å². The van der Waals surface area contributed by atoms with Crippen LogP contribution in [-0.2, 0) is 11.2 Å². The highest BCUT2D eigenvalue weighted by atomic mass is 32.2. The minimum atomic E-state index is -0.907. The molecule has 0 rings (SSSR count). The topological polar surface area (TPSA) is 63.5 Å². The fourth-order valence-corrected chi connectivity index (χ4v) is 4.87. The molecule has 0 saturated carbocycles. The zero-order chi connectivity index (χ0) is 20.9. The summed E-state index contributed by atoms with van der Waals surface area (Å²) in [7, 11) is 0. The maximum absolute atomic E-state index is 12.1. The first kappa shape index (κ1) is 28.2. The lowest BCUT2D eigenvalue weighted by Gasteiger charge is -2.16. The van der Waals surface area contributed by atoms with Crippen LogP contribution in [0.4, 0.5) is 0 Å². The van der Waals surface area contributed by atoms with Crippen molar-refractivity contribution in [3.05, 3.63) is 0 Å². The van der Waals surface area contributed by atoms with Crippen molar-refractivity contribution in [1.29, 1.82) is 0 Å². The van der Waals surface area contributed by atoms with E-state index < -0.39 is 11.2 Å². The number of aliphatic hydroxyl groups excluding tert-OH is 2. The van der Waals surface area contributed by atoms with Gasteiger partial charge in [-0.3, -0.25) is 0 Å². The third-order valence-corrected chi connectivity index (χ3v) is 7.02. The van der Waals surface area contributed by atoms with E-state index in [2.05, 4.69) is 13.8 Å². The predicted molar refractivity (Wildman–Crippen MR) is 124 cm³/mol. The normalized spacial score (nSPS) is 14.9. The van der Waals surface area contributed by atoms with E-state index in [1.807, 2.05) is 0 Å². The van der Waals surface area contributed by atoms with Gasteiger partial charge in [0.25, 0.3) is 0 Å². The molecule has 0 aliphatic heterocycles. The molecule has 0 aromatic heterocycles. The summed E-state index contributed by atoms with van der Waals surface area (Å²) >= 11 is -0.907. The third kappa shape index (κ3) is 21.0. The van der Waals surface area contributed by atoms with E-state index in [9.17, 15) is 14.8 Å². The summed E-state index contributed by atoms with van der Waals surface area (Å²) in [4.78, 5) is 0. The van der Waals surface area contributed by atoms with Crippen molar-refractivity contribution in [2.75, 3.05) is 11.5 Å². The molecular formula is C24H50O3S. The monoisotopic (exact) mass is 418 g/mol. The Hall–Kier alpha value is 0.230. The second-order valence-electron chi connectivity index (χ2n) is 8.55. The fraction of sp³-hybridized carbons (Fsp3) is 1.00. The van der Waals surface area contributed by atoms with Gasteiger partial charge in [-0.05, 0) is 12.8 Å². The van der Waals surface area contributed by atoms with E-state index in [1.165, 1.54) is 77.0 Å². The highest BCUT2D eigenvalue weighted by molar-refractivity contribution is 7.91. The van der Waals surface area contributed by atoms with E-state index in [1.54, 1.807) is 0 Å². The van der Waals surface area contributed by atoms with Crippen molar-refractivity contribution in [3.63, 3.8) is 0 Å². The predicted octanol–water partition coefficient (Wildman–Crippen LogP) is 6.52. The largest absolute Gasteiger partial charge is 0.616 e. The highest BCUT2D eigenvalue weighted by Gasteiger charge is 2.14. The average Bonchev–Trinajstić information content (AvgIpc) is 2.69. The van der Waals surface area contributed by atoms with Gasteiger partial charge in [-0.15, -0.1) is 0 Å². The van der Waals surface area contributed by atoms with E-state index in [-0.39, 0.29) is 12.2 Å². The first-order chi connectivity index (χ1) is 13.6. The van der Waals surface area contributed by atoms with Crippen LogP contribution in [-0.4, -0.2) is 38.5 Å². The molecule has 3 nitrogen and oxygen atoms in total. The van der Waals surface area contributed by atoms with Gasteiger partial charge < -0.3 is 14.8 Å². The molecule has 0 amide bonds. The van der Waals surface area contributed by atoms with Gasteiger partial charge in [-0.2, -0.15) is 0 Å². The number of aliphatic hydroxyl groups is 2. The molecule has 0 bridgehead atoms. The molecule has 0 aromatic carbocycles. The lowest BCUT2D eigenvalue weighted by Crippen LogP contribution is -2.20. The van der Waals surface area contributed by atoms with Crippen LogP contribution < -0.4 is 0 Å². The summed E-state index contributed by atoms with van der Waals surface area (Å²) in [5.74, 6) is 1.14. The number of unbranched alkanes of at least 4 members (excludes halogenated alkanes) is 12. The van der Waals surface area contributed by atoms with E-state index in [0.29, 0.717) is 24.3 Å². The van der Waals surface area contributed by atoms with Gasteiger partial charge in [-0.1, -0.05) is 115 Å². The zero-order valence-corrected chi connectivity index (χ0v) is 19.8. The summed E-state index contributed by atoms with van der Waals surface area (Å²) in [5, 5.41) is 20.1. The van der Waals surface area contributed by atoms with Gasteiger partial charge in [0.05, 0.1) is 12.2 Å². The first-order valence-electron chi connectivity index (χ1n) is 12.3. The average molecular weight is 419 g/mol. The van der Waals surface area contributed by atoms with Crippen molar-refractivity contribution in [2.45, 2.75) is 142 Å². The Labute approximate surface area is 179 Å². The van der Waals surface area contributed by atoms with E-state index in [4.69, 9.17) is 0 Å². The Morgan fingerprint density at radius 2 is 0.857 bits per heavy atom. The Bertz CT molecular complexity index is 274. The Kier molecular flexibility index (Phi) is 22.1. The number of rotatable bonds is 22. The molecule has 0 spiro atoms. The van der Waals surface area contributed by atoms with Crippen LogP contribution in [0.15, 0.2) is 0 Å². The quantitative estimate of drug-likeness (QED) is 0.155. The Balaban J connectivity index is 3.45. The van der Waals surface area contributed by atoms with E-state index in [0.717, 1.165) is 25.7 Å². The smallest absolute Gasteiger partial charge is 0.108 e. The second kappa shape index (κ2) is 21.9. The van der Waals surface area contributed by atoms with Crippen LogP contribution in [0.5, 0.6) is 0 Å². The molecule has 28 heavy (non-hydrogen) atoms. The molecule has 4 heteroatoms. The van der Waals surface area contributed by atoms with Gasteiger partial charge in [0.15, 0.2) is 0 Å². The minimum absolute atomic E-state index is 0.308. The lowest BCUT2D eigenvalue weighted by atomic mass is 10.1. The van der Waals surface area contributed by atoms with Gasteiger partial charge in [0, 0.05) is 12.8 Å². The van der Waals surface area contributed by atoms with Crippen LogP contribution >= 0.6 is 0 Å². The zero-order valence-electron chi connectivity index (χ0n) is 19.0. The van der Waals surface area contributed by atoms with Crippen molar-refractivity contribution in [2.24, 2.45) is 0 Å². The molecule has 0 radical (unpaired) electrons. The van der Waals surface area contributed by atoms with Gasteiger partial charge in [0.1, 0.15) is 11.5 Å². The van der Waals surface area contributed by atoms with Crippen molar-refractivity contribution in [1.82, 2.24) is 0 Å². The fourth-order valence-electron chi connectivity index (χ4n) is 3.60. The Morgan fingerprint density at radius 3 is 1.21 bits per heavy atom. The number of hydrogen-bond donors (Lipinski definition) is 2. The van der Waals surface area contributed by atoms with Crippen molar-refractivity contribution < 1.29 is 14.8 Å². The molecule has 0 aromatic rings. The van der Waals surface area contributed by atoms with Crippen LogP contribution in [0.25, 0.3) is 0 Å².